The van der Waals surface area contributed by atoms with E-state index in [9.17, 15) is 31.5 Å². The molecule has 0 unspecified atom stereocenters. The average Bonchev–Trinajstić information content (AvgIpc) is 3.70. The molecule has 1 aliphatic carbocycles. The summed E-state index contributed by atoms with van der Waals surface area (Å²) in [6.07, 6.45) is -2.72. The fraction of sp³-hybridized carbons (Fsp3) is 0.296. The molecule has 1 amide bonds. The van der Waals surface area contributed by atoms with Gasteiger partial charge in [0.15, 0.2) is 0 Å². The summed E-state index contributed by atoms with van der Waals surface area (Å²) < 4.78 is 71.4. The van der Waals surface area contributed by atoms with Crippen molar-refractivity contribution in [3.8, 4) is 11.1 Å². The van der Waals surface area contributed by atoms with Crippen LogP contribution in [0, 0.1) is 0 Å². The molecular formula is C27H23F5N2O3. The van der Waals surface area contributed by atoms with Gasteiger partial charge in [-0.15, -0.1) is 0 Å². The largest absolute Gasteiger partial charge is 0.465 e. The number of pyridine rings is 1. The molecule has 0 aliphatic heterocycles. The number of hydrogen-bond donors (Lipinski definition) is 1. The number of carbonyl (C=O) groups excluding carboxylic acids is 2. The molecule has 1 saturated carbocycles. The molecule has 1 aliphatic rings. The molecule has 1 aromatic heterocycles. The number of nitrogens with one attached hydrogen (secondary N) is 1. The van der Waals surface area contributed by atoms with Gasteiger partial charge in [0.05, 0.1) is 23.7 Å². The van der Waals surface area contributed by atoms with E-state index in [4.69, 9.17) is 4.74 Å². The van der Waals surface area contributed by atoms with Gasteiger partial charge in [-0.3, -0.25) is 9.78 Å². The highest BCUT2D eigenvalue weighted by atomic mass is 19.4. The van der Waals surface area contributed by atoms with Gasteiger partial charge in [-0.25, -0.2) is 4.79 Å². The average molecular weight is 518 g/mol. The first-order chi connectivity index (χ1) is 17.4. The number of halogens is 5. The molecule has 1 N–H and O–H groups in total. The van der Waals surface area contributed by atoms with Crippen molar-refractivity contribution < 1.29 is 36.3 Å². The Kier molecular flexibility index (Phi) is 6.79. The van der Waals surface area contributed by atoms with Crippen LogP contribution in [0.15, 0.2) is 60.8 Å². The van der Waals surface area contributed by atoms with Gasteiger partial charge in [0.2, 0.25) is 5.91 Å². The van der Waals surface area contributed by atoms with Crippen LogP contribution in [-0.4, -0.2) is 24.0 Å². The Morgan fingerprint density at radius 1 is 1.00 bits per heavy atom. The minimum Gasteiger partial charge on any atom is -0.465 e. The standard InChI is InChI=1S/C27H23F5N2O3/c1-3-26(28,29)22-11-4-16(15-33-22)20-10-9-19(14-21(20)23(35)37-2)34-24(36)25(12-13-25)17-5-7-18(8-6-17)27(30,31)32/h4-11,14-15H,3,12-13H2,1-2H3,(H,34,36). The molecule has 10 heteroatoms. The molecule has 194 valence electrons. The van der Waals surface area contributed by atoms with Crippen LogP contribution in [0.2, 0.25) is 0 Å². The molecule has 0 radical (unpaired) electrons. The summed E-state index contributed by atoms with van der Waals surface area (Å²) in [5.74, 6) is -4.20. The molecule has 2 aromatic carbocycles. The molecule has 1 fully saturated rings. The second-order valence-electron chi connectivity index (χ2n) is 8.85. The Balaban J connectivity index is 1.60. The van der Waals surface area contributed by atoms with Gasteiger partial charge in [0.1, 0.15) is 5.69 Å². The number of aromatic nitrogens is 1. The number of ether oxygens (including phenoxy) is 1. The fourth-order valence-corrected chi connectivity index (χ4v) is 4.10. The van der Waals surface area contributed by atoms with E-state index in [-0.39, 0.29) is 16.9 Å². The molecule has 0 saturated heterocycles. The summed E-state index contributed by atoms with van der Waals surface area (Å²) >= 11 is 0. The molecule has 0 atom stereocenters. The lowest BCUT2D eigenvalue weighted by molar-refractivity contribution is -0.137. The number of alkyl halides is 5. The smallest absolute Gasteiger partial charge is 0.416 e. The van der Waals surface area contributed by atoms with E-state index in [1.54, 1.807) is 0 Å². The second-order valence-corrected chi connectivity index (χ2v) is 8.85. The van der Waals surface area contributed by atoms with Crippen molar-refractivity contribution in [1.29, 1.82) is 0 Å². The van der Waals surface area contributed by atoms with Gasteiger partial charge in [-0.05, 0) is 54.3 Å². The highest BCUT2D eigenvalue weighted by Crippen LogP contribution is 2.49. The second kappa shape index (κ2) is 9.57. The summed E-state index contributed by atoms with van der Waals surface area (Å²) in [6, 6.07) is 11.6. The predicted molar refractivity (Wildman–Crippen MR) is 126 cm³/mol. The van der Waals surface area contributed by atoms with Crippen molar-refractivity contribution in [3.05, 3.63) is 83.2 Å². The van der Waals surface area contributed by atoms with E-state index < -0.39 is 41.4 Å². The first kappa shape index (κ1) is 26.2. The van der Waals surface area contributed by atoms with Crippen LogP contribution in [0.3, 0.4) is 0 Å². The van der Waals surface area contributed by atoms with Crippen LogP contribution in [-0.2, 0) is 27.0 Å². The Bertz CT molecular complexity index is 1320. The van der Waals surface area contributed by atoms with Crippen molar-refractivity contribution >= 4 is 17.6 Å². The van der Waals surface area contributed by atoms with Crippen LogP contribution < -0.4 is 5.32 Å². The van der Waals surface area contributed by atoms with Gasteiger partial charge in [-0.2, -0.15) is 22.0 Å². The quantitative estimate of drug-likeness (QED) is 0.278. The monoisotopic (exact) mass is 518 g/mol. The summed E-state index contributed by atoms with van der Waals surface area (Å²) in [7, 11) is 1.18. The van der Waals surface area contributed by atoms with E-state index >= 15 is 0 Å². The lowest BCUT2D eigenvalue weighted by Gasteiger charge is -2.18. The molecular weight excluding hydrogens is 495 g/mol. The Morgan fingerprint density at radius 3 is 2.19 bits per heavy atom. The van der Waals surface area contributed by atoms with E-state index in [1.165, 1.54) is 62.7 Å². The van der Waals surface area contributed by atoms with Gasteiger partial charge >= 0.3 is 12.1 Å². The van der Waals surface area contributed by atoms with Crippen molar-refractivity contribution in [2.24, 2.45) is 0 Å². The number of amides is 1. The SMILES string of the molecule is CCC(F)(F)c1ccc(-c2ccc(NC(=O)C3(c4ccc(C(F)(F)F)cc4)CC3)cc2C(=O)OC)cn1. The number of methoxy groups -OCH3 is 1. The Hall–Kier alpha value is -3.82. The number of hydrogen-bond acceptors (Lipinski definition) is 4. The third-order valence-electron chi connectivity index (χ3n) is 6.53. The van der Waals surface area contributed by atoms with Gasteiger partial charge in [0.25, 0.3) is 5.92 Å². The lowest BCUT2D eigenvalue weighted by atomic mass is 9.93. The third-order valence-corrected chi connectivity index (χ3v) is 6.53. The molecule has 4 rings (SSSR count). The Morgan fingerprint density at radius 2 is 1.68 bits per heavy atom. The van der Waals surface area contributed by atoms with Crippen molar-refractivity contribution in [2.45, 2.75) is 43.7 Å². The van der Waals surface area contributed by atoms with Crippen molar-refractivity contribution in [1.82, 2.24) is 4.98 Å². The normalized spacial score (nSPS) is 14.7. The van der Waals surface area contributed by atoms with Crippen LogP contribution in [0.25, 0.3) is 11.1 Å². The maximum absolute atomic E-state index is 13.9. The van der Waals surface area contributed by atoms with Crippen LogP contribution in [0.5, 0.6) is 0 Å². The van der Waals surface area contributed by atoms with Gasteiger partial charge in [0, 0.05) is 23.9 Å². The zero-order chi connectivity index (χ0) is 27.0. The minimum absolute atomic E-state index is 0.0801. The van der Waals surface area contributed by atoms with E-state index in [1.807, 2.05) is 0 Å². The first-order valence-electron chi connectivity index (χ1n) is 11.5. The summed E-state index contributed by atoms with van der Waals surface area (Å²) in [5.41, 5.74) is -0.556. The van der Waals surface area contributed by atoms with Gasteiger partial charge < -0.3 is 10.1 Å². The van der Waals surface area contributed by atoms with Gasteiger partial charge in [-0.1, -0.05) is 31.2 Å². The number of carbonyl (C=O) groups is 2. The number of nitrogens with zero attached hydrogens (tertiary/aromatic N) is 1. The first-order valence-corrected chi connectivity index (χ1v) is 11.5. The van der Waals surface area contributed by atoms with Crippen LogP contribution >= 0.6 is 0 Å². The van der Waals surface area contributed by atoms with E-state index in [0.717, 1.165) is 12.1 Å². The maximum atomic E-state index is 13.9. The maximum Gasteiger partial charge on any atom is 0.416 e. The van der Waals surface area contributed by atoms with Crippen molar-refractivity contribution in [2.75, 3.05) is 12.4 Å². The molecule has 3 aromatic rings. The zero-order valence-corrected chi connectivity index (χ0v) is 20.0. The molecule has 0 bridgehead atoms. The summed E-state index contributed by atoms with van der Waals surface area (Å²) in [6.45, 7) is 1.35. The van der Waals surface area contributed by atoms with Crippen LogP contribution in [0.4, 0.5) is 27.6 Å². The number of anilines is 1. The lowest BCUT2D eigenvalue weighted by Crippen LogP contribution is -2.28. The van der Waals surface area contributed by atoms with E-state index in [0.29, 0.717) is 29.5 Å². The summed E-state index contributed by atoms with van der Waals surface area (Å²) in [5, 5.41) is 2.74. The minimum atomic E-state index is -4.48. The van der Waals surface area contributed by atoms with E-state index in [2.05, 4.69) is 10.3 Å². The highest BCUT2D eigenvalue weighted by Gasteiger charge is 2.51. The molecule has 1 heterocycles. The Labute approximate surface area is 209 Å². The molecule has 0 spiro atoms. The number of esters is 1. The van der Waals surface area contributed by atoms with Crippen LogP contribution in [0.1, 0.15) is 53.4 Å². The topological polar surface area (TPSA) is 68.3 Å². The van der Waals surface area contributed by atoms with Crippen molar-refractivity contribution in [3.63, 3.8) is 0 Å². The zero-order valence-electron chi connectivity index (χ0n) is 20.0. The molecule has 37 heavy (non-hydrogen) atoms. The number of benzene rings is 2. The molecule has 5 nitrogen and oxygen atoms in total. The highest BCUT2D eigenvalue weighted by molar-refractivity contribution is 6.03. The third kappa shape index (κ3) is 5.19. The predicted octanol–water partition coefficient (Wildman–Crippen LogP) is 6.73. The summed E-state index contributed by atoms with van der Waals surface area (Å²) in [4.78, 5) is 29.5. The fourth-order valence-electron chi connectivity index (χ4n) is 4.10. The number of rotatable bonds is 7.